The third-order valence-corrected chi connectivity index (χ3v) is 5.08. The maximum absolute atomic E-state index is 12.8. The Morgan fingerprint density at radius 1 is 1.07 bits per heavy atom. The minimum atomic E-state index is 0.00226. The first-order valence-corrected chi connectivity index (χ1v) is 10.1. The summed E-state index contributed by atoms with van der Waals surface area (Å²) in [6.07, 6.45) is 5.14. The summed E-state index contributed by atoms with van der Waals surface area (Å²) < 4.78 is 0. The summed E-state index contributed by atoms with van der Waals surface area (Å²) in [5, 5.41) is 3.20. The number of nitrogens with zero attached hydrogens (tertiary/aromatic N) is 6. The monoisotopic (exact) mass is 403 g/mol. The predicted molar refractivity (Wildman–Crippen MR) is 114 cm³/mol. The summed E-state index contributed by atoms with van der Waals surface area (Å²) >= 11 is 0. The first-order chi connectivity index (χ1) is 14.5. The third kappa shape index (κ3) is 4.59. The van der Waals surface area contributed by atoms with E-state index in [4.69, 9.17) is 4.98 Å². The van der Waals surface area contributed by atoms with Crippen LogP contribution in [0.3, 0.4) is 0 Å². The second kappa shape index (κ2) is 8.52. The van der Waals surface area contributed by atoms with E-state index in [0.717, 1.165) is 42.3 Å². The van der Waals surface area contributed by atoms with Crippen molar-refractivity contribution in [2.24, 2.45) is 0 Å². The molecule has 1 atom stereocenters. The fraction of sp³-hybridized carbons (Fsp3) is 0.364. The molecule has 1 aliphatic rings. The molecule has 0 spiro atoms. The number of likely N-dealkylation sites (tertiary alicyclic amines) is 1. The van der Waals surface area contributed by atoms with E-state index in [-0.39, 0.29) is 11.8 Å². The summed E-state index contributed by atoms with van der Waals surface area (Å²) in [4.78, 5) is 37.0. The van der Waals surface area contributed by atoms with Crippen LogP contribution in [-0.2, 0) is 0 Å². The molecule has 0 radical (unpaired) electrons. The van der Waals surface area contributed by atoms with Crippen LogP contribution in [0.15, 0.2) is 36.7 Å². The van der Waals surface area contributed by atoms with E-state index in [1.165, 1.54) is 0 Å². The maximum atomic E-state index is 12.8. The number of carbonyl (C=O) groups excluding carboxylic acids is 1. The van der Waals surface area contributed by atoms with Gasteiger partial charge in [-0.3, -0.25) is 9.78 Å². The average Bonchev–Trinajstić information content (AvgIpc) is 2.73. The topological polar surface area (TPSA) is 96.8 Å². The highest BCUT2D eigenvalue weighted by Gasteiger charge is 2.27. The van der Waals surface area contributed by atoms with Crippen LogP contribution in [0.25, 0.3) is 0 Å². The second-order valence-corrected chi connectivity index (χ2v) is 7.68. The molecule has 3 aromatic rings. The van der Waals surface area contributed by atoms with Crippen LogP contribution < -0.4 is 5.32 Å². The highest BCUT2D eigenvalue weighted by atomic mass is 16.2. The van der Waals surface area contributed by atoms with E-state index >= 15 is 0 Å². The van der Waals surface area contributed by atoms with Gasteiger partial charge in [0.15, 0.2) is 0 Å². The lowest BCUT2D eigenvalue weighted by atomic mass is 9.96. The Bertz CT molecular complexity index is 1030. The Morgan fingerprint density at radius 2 is 1.83 bits per heavy atom. The van der Waals surface area contributed by atoms with Crippen molar-refractivity contribution in [3.8, 4) is 0 Å². The molecule has 0 saturated carbocycles. The number of anilines is 2. The number of amides is 1. The van der Waals surface area contributed by atoms with Gasteiger partial charge in [0.2, 0.25) is 5.95 Å². The van der Waals surface area contributed by atoms with Gasteiger partial charge in [0, 0.05) is 54.5 Å². The zero-order chi connectivity index (χ0) is 21.1. The molecule has 8 nitrogen and oxygen atoms in total. The van der Waals surface area contributed by atoms with E-state index in [1.54, 1.807) is 24.5 Å². The molecule has 4 heterocycles. The van der Waals surface area contributed by atoms with Crippen LogP contribution in [0.5, 0.6) is 0 Å². The van der Waals surface area contributed by atoms with Gasteiger partial charge in [-0.2, -0.15) is 0 Å². The lowest BCUT2D eigenvalue weighted by Gasteiger charge is -2.32. The Morgan fingerprint density at radius 3 is 2.57 bits per heavy atom. The van der Waals surface area contributed by atoms with Crippen LogP contribution >= 0.6 is 0 Å². The average molecular weight is 403 g/mol. The fourth-order valence-electron chi connectivity index (χ4n) is 3.78. The highest BCUT2D eigenvalue weighted by molar-refractivity contribution is 5.94. The van der Waals surface area contributed by atoms with Gasteiger partial charge in [-0.15, -0.1) is 0 Å². The van der Waals surface area contributed by atoms with Crippen molar-refractivity contribution >= 4 is 17.7 Å². The highest BCUT2D eigenvalue weighted by Crippen LogP contribution is 2.27. The molecule has 154 valence electrons. The van der Waals surface area contributed by atoms with Crippen LogP contribution in [0, 0.1) is 20.8 Å². The number of hydrogen-bond acceptors (Lipinski definition) is 7. The molecule has 0 bridgehead atoms. The lowest BCUT2D eigenvalue weighted by molar-refractivity contribution is 0.0704. The van der Waals surface area contributed by atoms with E-state index < -0.39 is 0 Å². The van der Waals surface area contributed by atoms with E-state index in [1.807, 2.05) is 37.8 Å². The zero-order valence-corrected chi connectivity index (χ0v) is 17.5. The Hall–Kier alpha value is -3.42. The molecular weight excluding hydrogens is 378 g/mol. The number of aryl methyl sites for hydroxylation is 3. The minimum absolute atomic E-state index is 0.00226. The molecule has 1 aliphatic heterocycles. The van der Waals surface area contributed by atoms with Crippen LogP contribution in [0.1, 0.15) is 52.0 Å². The number of rotatable bonds is 4. The van der Waals surface area contributed by atoms with E-state index in [2.05, 4.69) is 25.3 Å². The van der Waals surface area contributed by atoms with Crippen molar-refractivity contribution in [1.29, 1.82) is 0 Å². The Balaban J connectivity index is 1.54. The number of aromatic nitrogens is 5. The number of carbonyl (C=O) groups is 1. The van der Waals surface area contributed by atoms with Crippen molar-refractivity contribution in [2.75, 3.05) is 18.4 Å². The van der Waals surface area contributed by atoms with Gasteiger partial charge in [0.1, 0.15) is 11.6 Å². The first-order valence-electron chi connectivity index (χ1n) is 10.1. The van der Waals surface area contributed by atoms with Crippen molar-refractivity contribution in [1.82, 2.24) is 29.8 Å². The first kappa shape index (κ1) is 19.9. The summed E-state index contributed by atoms with van der Waals surface area (Å²) in [6.45, 7) is 7.15. The van der Waals surface area contributed by atoms with Gasteiger partial charge in [-0.1, -0.05) is 0 Å². The number of pyridine rings is 1. The molecule has 0 aliphatic carbocycles. The van der Waals surface area contributed by atoms with Crippen molar-refractivity contribution in [3.63, 3.8) is 0 Å². The van der Waals surface area contributed by atoms with Crippen molar-refractivity contribution < 1.29 is 4.79 Å². The van der Waals surface area contributed by atoms with Crippen LogP contribution in [-0.4, -0.2) is 48.8 Å². The summed E-state index contributed by atoms with van der Waals surface area (Å²) in [7, 11) is 0. The van der Waals surface area contributed by atoms with E-state index in [0.29, 0.717) is 23.9 Å². The smallest absolute Gasteiger partial charge is 0.255 e. The largest absolute Gasteiger partial charge is 0.338 e. The van der Waals surface area contributed by atoms with Gasteiger partial charge >= 0.3 is 0 Å². The number of nitrogens with one attached hydrogen (secondary N) is 1. The molecule has 0 aromatic carbocycles. The zero-order valence-electron chi connectivity index (χ0n) is 17.5. The molecule has 30 heavy (non-hydrogen) atoms. The summed E-state index contributed by atoms with van der Waals surface area (Å²) in [5.74, 6) is 2.01. The maximum Gasteiger partial charge on any atom is 0.255 e. The SMILES string of the molecule is Cc1cc(C)nc(Nc2cc(C)nc(C3CCCN(C(=O)c4cccnc4)C3)n2)n1. The van der Waals surface area contributed by atoms with E-state index in [9.17, 15) is 4.79 Å². The summed E-state index contributed by atoms with van der Waals surface area (Å²) in [5.41, 5.74) is 3.26. The quantitative estimate of drug-likeness (QED) is 0.713. The van der Waals surface area contributed by atoms with Gasteiger partial charge in [-0.25, -0.2) is 19.9 Å². The lowest BCUT2D eigenvalue weighted by Crippen LogP contribution is -2.39. The molecule has 1 N–H and O–H groups in total. The van der Waals surface area contributed by atoms with Gasteiger partial charge in [-0.05, 0) is 51.8 Å². The number of piperidine rings is 1. The molecule has 1 amide bonds. The molecular formula is C22H25N7O. The Labute approximate surface area is 175 Å². The third-order valence-electron chi connectivity index (χ3n) is 5.08. The molecule has 1 fully saturated rings. The second-order valence-electron chi connectivity index (χ2n) is 7.68. The van der Waals surface area contributed by atoms with Gasteiger partial charge < -0.3 is 10.2 Å². The fourth-order valence-corrected chi connectivity index (χ4v) is 3.78. The molecule has 4 rings (SSSR count). The predicted octanol–water partition coefficient (Wildman–Crippen LogP) is 3.35. The minimum Gasteiger partial charge on any atom is -0.338 e. The molecule has 1 unspecified atom stereocenters. The van der Waals surface area contributed by atoms with Gasteiger partial charge in [0.05, 0.1) is 5.56 Å². The normalized spacial score (nSPS) is 16.4. The standard InChI is InChI=1S/C22H25N7O/c1-14-10-15(2)26-22(25-14)28-19-11-16(3)24-20(27-19)18-7-5-9-29(13-18)21(30)17-6-4-8-23-12-17/h4,6,8,10-12,18H,5,7,9,13H2,1-3H3,(H,24,25,26,27,28). The van der Waals surface area contributed by atoms with Crippen molar-refractivity contribution in [2.45, 2.75) is 39.5 Å². The number of hydrogen-bond donors (Lipinski definition) is 1. The van der Waals surface area contributed by atoms with Crippen molar-refractivity contribution in [3.05, 3.63) is 65.1 Å². The summed E-state index contributed by atoms with van der Waals surface area (Å²) in [6, 6.07) is 7.39. The van der Waals surface area contributed by atoms with Gasteiger partial charge in [0.25, 0.3) is 5.91 Å². The van der Waals surface area contributed by atoms with Crippen LogP contribution in [0.2, 0.25) is 0 Å². The molecule has 1 saturated heterocycles. The Kier molecular flexibility index (Phi) is 5.65. The molecule has 3 aromatic heterocycles. The van der Waals surface area contributed by atoms with Crippen LogP contribution in [0.4, 0.5) is 11.8 Å². The molecule has 8 heteroatoms.